The molecule has 3 rings (SSSR count). The summed E-state index contributed by atoms with van der Waals surface area (Å²) in [7, 11) is 0. The van der Waals surface area contributed by atoms with Crippen molar-refractivity contribution in [3.8, 4) is 0 Å². The summed E-state index contributed by atoms with van der Waals surface area (Å²) in [5, 5.41) is 0.540. The molecule has 1 fully saturated rings. The summed E-state index contributed by atoms with van der Waals surface area (Å²) < 4.78 is 0. The molecule has 136 valence electrons. The Morgan fingerprint density at radius 1 is 1.00 bits per heavy atom. The predicted octanol–water partition coefficient (Wildman–Crippen LogP) is 3.04. The minimum Gasteiger partial charge on any atom is -0.368 e. The molecule has 0 N–H and O–H groups in total. The molecular formula is C20H22ClN3O2. The van der Waals surface area contributed by atoms with E-state index in [4.69, 9.17) is 11.6 Å². The fourth-order valence-corrected chi connectivity index (χ4v) is 3.30. The molecule has 1 aliphatic rings. The minimum atomic E-state index is -0.177. The first-order valence-electron chi connectivity index (χ1n) is 8.66. The van der Waals surface area contributed by atoms with E-state index >= 15 is 0 Å². The Hall–Kier alpha value is -2.53. The monoisotopic (exact) mass is 371 g/mol. The Labute approximate surface area is 158 Å². The van der Waals surface area contributed by atoms with Crippen molar-refractivity contribution in [2.24, 2.45) is 0 Å². The van der Waals surface area contributed by atoms with Crippen molar-refractivity contribution in [3.05, 3.63) is 59.6 Å². The van der Waals surface area contributed by atoms with Crippen LogP contribution in [0.1, 0.15) is 6.92 Å². The van der Waals surface area contributed by atoms with Gasteiger partial charge in [-0.15, -0.1) is 0 Å². The van der Waals surface area contributed by atoms with Gasteiger partial charge >= 0.3 is 0 Å². The van der Waals surface area contributed by atoms with E-state index in [-0.39, 0.29) is 18.4 Å². The van der Waals surface area contributed by atoms with Crippen LogP contribution in [0.15, 0.2) is 54.6 Å². The zero-order valence-electron chi connectivity index (χ0n) is 14.8. The van der Waals surface area contributed by atoms with Crippen LogP contribution in [0.2, 0.25) is 5.02 Å². The maximum absolute atomic E-state index is 12.7. The lowest BCUT2D eigenvalue weighted by Crippen LogP contribution is -2.51. The van der Waals surface area contributed by atoms with E-state index in [1.165, 1.54) is 17.5 Å². The Balaban J connectivity index is 1.61. The average Bonchev–Trinajstić information content (AvgIpc) is 2.66. The van der Waals surface area contributed by atoms with Gasteiger partial charge in [-0.05, 0) is 30.3 Å². The second-order valence-corrected chi connectivity index (χ2v) is 6.72. The highest BCUT2D eigenvalue weighted by molar-refractivity contribution is 6.30. The SMILES string of the molecule is CC(=O)N(CC(=O)N1CCN(c2ccccc2)CC1)c1cccc(Cl)c1. The zero-order valence-corrected chi connectivity index (χ0v) is 15.5. The van der Waals surface area contributed by atoms with Gasteiger partial charge in [-0.25, -0.2) is 0 Å². The lowest BCUT2D eigenvalue weighted by molar-refractivity contribution is -0.131. The van der Waals surface area contributed by atoms with Crippen molar-refractivity contribution in [1.29, 1.82) is 0 Å². The van der Waals surface area contributed by atoms with Gasteiger partial charge in [0.1, 0.15) is 6.54 Å². The molecule has 2 aromatic rings. The molecule has 26 heavy (non-hydrogen) atoms. The molecular weight excluding hydrogens is 350 g/mol. The molecule has 1 aliphatic heterocycles. The van der Waals surface area contributed by atoms with Crippen molar-refractivity contribution in [2.75, 3.05) is 42.5 Å². The van der Waals surface area contributed by atoms with Gasteiger partial charge in [-0.2, -0.15) is 0 Å². The van der Waals surface area contributed by atoms with Gasteiger partial charge in [-0.1, -0.05) is 35.9 Å². The van der Waals surface area contributed by atoms with Gasteiger partial charge < -0.3 is 14.7 Å². The minimum absolute atomic E-state index is 0.0288. The van der Waals surface area contributed by atoms with Crippen LogP contribution < -0.4 is 9.80 Å². The van der Waals surface area contributed by atoms with Crippen molar-refractivity contribution >= 4 is 34.8 Å². The molecule has 1 saturated heterocycles. The number of piperazine rings is 1. The number of amides is 2. The fourth-order valence-electron chi connectivity index (χ4n) is 3.12. The molecule has 0 bridgehead atoms. The molecule has 2 aromatic carbocycles. The summed E-state index contributed by atoms with van der Waals surface area (Å²) in [6.45, 7) is 4.35. The topological polar surface area (TPSA) is 43.9 Å². The third kappa shape index (κ3) is 4.35. The summed E-state index contributed by atoms with van der Waals surface area (Å²) in [5.74, 6) is -0.226. The fraction of sp³-hybridized carbons (Fsp3) is 0.300. The molecule has 2 amide bonds. The molecule has 0 atom stereocenters. The number of nitrogens with zero attached hydrogens (tertiary/aromatic N) is 3. The van der Waals surface area contributed by atoms with Crippen molar-refractivity contribution in [1.82, 2.24) is 4.90 Å². The van der Waals surface area contributed by atoms with E-state index < -0.39 is 0 Å². The number of carbonyl (C=O) groups excluding carboxylic acids is 2. The molecule has 1 heterocycles. The summed E-state index contributed by atoms with van der Waals surface area (Å²) in [6.07, 6.45) is 0. The predicted molar refractivity (Wildman–Crippen MR) is 105 cm³/mol. The maximum Gasteiger partial charge on any atom is 0.242 e. The zero-order chi connectivity index (χ0) is 18.5. The summed E-state index contributed by atoms with van der Waals surface area (Å²) >= 11 is 6.01. The van der Waals surface area contributed by atoms with Crippen molar-refractivity contribution in [3.63, 3.8) is 0 Å². The van der Waals surface area contributed by atoms with Crippen LogP contribution in [0.25, 0.3) is 0 Å². The molecule has 6 heteroatoms. The van der Waals surface area contributed by atoms with Crippen LogP contribution in [0.5, 0.6) is 0 Å². The van der Waals surface area contributed by atoms with Crippen LogP contribution in [-0.4, -0.2) is 49.4 Å². The van der Waals surface area contributed by atoms with Gasteiger partial charge in [0.25, 0.3) is 0 Å². The second-order valence-electron chi connectivity index (χ2n) is 6.29. The van der Waals surface area contributed by atoms with Crippen molar-refractivity contribution in [2.45, 2.75) is 6.92 Å². The average molecular weight is 372 g/mol. The van der Waals surface area contributed by atoms with Gasteiger partial charge in [0, 0.05) is 49.5 Å². The normalized spacial score (nSPS) is 14.2. The van der Waals surface area contributed by atoms with E-state index in [0.29, 0.717) is 23.8 Å². The number of rotatable bonds is 4. The highest BCUT2D eigenvalue weighted by Gasteiger charge is 2.24. The highest BCUT2D eigenvalue weighted by atomic mass is 35.5. The lowest BCUT2D eigenvalue weighted by atomic mass is 10.2. The number of benzene rings is 2. The van der Waals surface area contributed by atoms with Gasteiger partial charge in [0.05, 0.1) is 0 Å². The quantitative estimate of drug-likeness (QED) is 0.829. The Kier molecular flexibility index (Phi) is 5.78. The molecule has 0 saturated carbocycles. The smallest absolute Gasteiger partial charge is 0.242 e. The largest absolute Gasteiger partial charge is 0.368 e. The summed E-state index contributed by atoms with van der Waals surface area (Å²) in [6, 6.07) is 17.2. The number of carbonyl (C=O) groups is 2. The van der Waals surface area contributed by atoms with E-state index in [1.807, 2.05) is 23.1 Å². The number of para-hydroxylation sites is 1. The number of anilines is 2. The molecule has 0 unspecified atom stereocenters. The Morgan fingerprint density at radius 2 is 1.69 bits per heavy atom. The molecule has 5 nitrogen and oxygen atoms in total. The molecule has 0 spiro atoms. The molecule has 0 aliphatic carbocycles. The van der Waals surface area contributed by atoms with Crippen LogP contribution in [0, 0.1) is 0 Å². The number of hydrogen-bond donors (Lipinski definition) is 0. The van der Waals surface area contributed by atoms with E-state index in [9.17, 15) is 9.59 Å². The van der Waals surface area contributed by atoms with E-state index in [1.54, 1.807) is 24.3 Å². The Bertz CT molecular complexity index is 774. The van der Waals surface area contributed by atoms with Crippen LogP contribution in [0.4, 0.5) is 11.4 Å². The van der Waals surface area contributed by atoms with E-state index in [2.05, 4.69) is 17.0 Å². The third-order valence-corrected chi connectivity index (χ3v) is 4.78. The van der Waals surface area contributed by atoms with E-state index in [0.717, 1.165) is 13.1 Å². The first-order chi connectivity index (χ1) is 12.5. The third-order valence-electron chi connectivity index (χ3n) is 4.55. The van der Waals surface area contributed by atoms with Crippen LogP contribution in [-0.2, 0) is 9.59 Å². The summed E-state index contributed by atoms with van der Waals surface area (Å²) in [5.41, 5.74) is 1.81. The highest BCUT2D eigenvalue weighted by Crippen LogP contribution is 2.20. The van der Waals surface area contributed by atoms with Gasteiger partial charge in [-0.3, -0.25) is 9.59 Å². The molecule has 0 radical (unpaired) electrons. The Morgan fingerprint density at radius 3 is 2.31 bits per heavy atom. The van der Waals surface area contributed by atoms with Gasteiger partial charge in [0.2, 0.25) is 11.8 Å². The first-order valence-corrected chi connectivity index (χ1v) is 9.04. The number of halogens is 1. The van der Waals surface area contributed by atoms with Gasteiger partial charge in [0.15, 0.2) is 0 Å². The lowest BCUT2D eigenvalue weighted by Gasteiger charge is -2.37. The van der Waals surface area contributed by atoms with Crippen molar-refractivity contribution < 1.29 is 9.59 Å². The standard InChI is InChI=1S/C20H22ClN3O2/c1-16(25)24(19-9-5-6-17(21)14-19)15-20(26)23-12-10-22(11-13-23)18-7-3-2-4-8-18/h2-9,14H,10-13,15H2,1H3. The first kappa shape index (κ1) is 18.3. The van der Waals surface area contributed by atoms with Crippen LogP contribution in [0.3, 0.4) is 0 Å². The second kappa shape index (κ2) is 8.23. The summed E-state index contributed by atoms with van der Waals surface area (Å²) in [4.78, 5) is 30.3. The number of hydrogen-bond acceptors (Lipinski definition) is 3. The maximum atomic E-state index is 12.7. The van der Waals surface area contributed by atoms with Crippen LogP contribution >= 0.6 is 11.6 Å². The molecule has 0 aromatic heterocycles.